The molecule has 0 aliphatic rings. The van der Waals surface area contributed by atoms with Crippen molar-refractivity contribution in [3.05, 3.63) is 5.82 Å². The molecule has 0 saturated carbocycles. The van der Waals surface area contributed by atoms with Crippen LogP contribution in [-0.2, 0) is 17.9 Å². The van der Waals surface area contributed by atoms with Gasteiger partial charge in [0, 0.05) is 20.1 Å². The molecule has 0 fully saturated rings. The lowest BCUT2D eigenvalue weighted by Gasteiger charge is -2.14. The fraction of sp³-hybridized carbons (Fsp3) is 0.636. The summed E-state index contributed by atoms with van der Waals surface area (Å²) in [7, 11) is 1.69. The predicted octanol–water partition coefficient (Wildman–Crippen LogP) is 0.221. The molecule has 0 aliphatic carbocycles. The van der Waals surface area contributed by atoms with E-state index in [1.807, 2.05) is 17.6 Å². The molecule has 1 aromatic rings. The first-order chi connectivity index (χ1) is 9.13. The van der Waals surface area contributed by atoms with Crippen molar-refractivity contribution >= 4 is 17.7 Å². The monoisotopic (exact) mass is 282 g/mol. The Bertz CT molecular complexity index is 466. The topological polar surface area (TPSA) is 101 Å². The lowest BCUT2D eigenvalue weighted by molar-refractivity contribution is -0.127. The first-order valence-electron chi connectivity index (χ1n) is 5.99. The van der Waals surface area contributed by atoms with E-state index in [9.17, 15) is 4.79 Å². The van der Waals surface area contributed by atoms with Crippen LogP contribution in [0.25, 0.3) is 0 Å². The first-order valence-corrected chi connectivity index (χ1v) is 6.98. The number of hydrogen-bond acceptors (Lipinski definition) is 6. The van der Waals surface area contributed by atoms with Crippen LogP contribution in [0.5, 0.6) is 0 Å². The minimum absolute atomic E-state index is 0.0276. The molecule has 1 rings (SSSR count). The molecule has 0 aromatic carbocycles. The van der Waals surface area contributed by atoms with Crippen molar-refractivity contribution in [3.8, 4) is 6.07 Å². The molecule has 1 heterocycles. The van der Waals surface area contributed by atoms with Gasteiger partial charge in [-0.2, -0.15) is 5.26 Å². The highest BCUT2D eigenvalue weighted by molar-refractivity contribution is 7.99. The molecule has 2 N–H and O–H groups in total. The highest BCUT2D eigenvalue weighted by Crippen LogP contribution is 2.17. The average molecular weight is 282 g/mol. The Balaban J connectivity index is 2.55. The highest BCUT2D eigenvalue weighted by Gasteiger charge is 2.14. The van der Waals surface area contributed by atoms with Gasteiger partial charge in [0.05, 0.1) is 24.8 Å². The molecular weight excluding hydrogens is 264 g/mol. The van der Waals surface area contributed by atoms with Crippen LogP contribution in [-0.4, -0.2) is 44.9 Å². The number of thioether (sulfide) groups is 1. The molecule has 104 valence electrons. The van der Waals surface area contributed by atoms with Crippen LogP contribution >= 0.6 is 11.8 Å². The van der Waals surface area contributed by atoms with Gasteiger partial charge in [0.1, 0.15) is 5.82 Å². The van der Waals surface area contributed by atoms with E-state index in [1.165, 1.54) is 11.8 Å². The first kappa shape index (κ1) is 15.5. The quantitative estimate of drug-likeness (QED) is 0.718. The number of nitrogens with zero attached hydrogens (tertiary/aromatic N) is 5. The van der Waals surface area contributed by atoms with Gasteiger partial charge in [-0.3, -0.25) is 4.79 Å². The summed E-state index contributed by atoms with van der Waals surface area (Å²) in [6, 6.07) is 2.02. The SMILES string of the molecule is CCn1c(CN)nnc1SCC(=O)N(C)CCC#N. The summed E-state index contributed by atoms with van der Waals surface area (Å²) >= 11 is 1.34. The third kappa shape index (κ3) is 4.22. The number of aromatic nitrogens is 3. The molecule has 0 saturated heterocycles. The van der Waals surface area contributed by atoms with Gasteiger partial charge in [0.2, 0.25) is 5.91 Å². The van der Waals surface area contributed by atoms with Gasteiger partial charge < -0.3 is 15.2 Å². The Morgan fingerprint density at radius 2 is 2.32 bits per heavy atom. The Labute approximate surface area is 116 Å². The standard InChI is InChI=1S/C11H18N6OS/c1-3-17-9(7-13)14-15-11(17)19-8-10(18)16(2)6-4-5-12/h3-4,6-8,13H2,1-2H3. The molecule has 1 amide bonds. The summed E-state index contributed by atoms with van der Waals surface area (Å²) in [6.07, 6.45) is 0.343. The molecule has 0 aliphatic heterocycles. The minimum Gasteiger partial charge on any atom is -0.344 e. The van der Waals surface area contributed by atoms with Crippen molar-refractivity contribution in [1.82, 2.24) is 19.7 Å². The third-order valence-corrected chi connectivity index (χ3v) is 3.55. The van der Waals surface area contributed by atoms with E-state index in [4.69, 9.17) is 11.0 Å². The van der Waals surface area contributed by atoms with Gasteiger partial charge in [-0.1, -0.05) is 11.8 Å². The number of amides is 1. The van der Waals surface area contributed by atoms with Crippen LogP contribution in [0.4, 0.5) is 0 Å². The van der Waals surface area contributed by atoms with E-state index in [0.717, 1.165) is 12.4 Å². The summed E-state index contributed by atoms with van der Waals surface area (Å²) < 4.78 is 1.90. The van der Waals surface area contributed by atoms with Crippen molar-refractivity contribution < 1.29 is 4.79 Å². The van der Waals surface area contributed by atoms with Crippen molar-refractivity contribution in [2.24, 2.45) is 5.73 Å². The second-order valence-electron chi connectivity index (χ2n) is 3.86. The minimum atomic E-state index is -0.0276. The summed E-state index contributed by atoms with van der Waals surface area (Å²) in [4.78, 5) is 13.4. The van der Waals surface area contributed by atoms with Gasteiger partial charge in [0.15, 0.2) is 5.16 Å². The molecule has 7 nitrogen and oxygen atoms in total. The number of nitrogens with two attached hydrogens (primary N) is 1. The molecular formula is C11H18N6OS. The zero-order valence-corrected chi connectivity index (χ0v) is 12.0. The van der Waals surface area contributed by atoms with Gasteiger partial charge in [-0.05, 0) is 6.92 Å². The van der Waals surface area contributed by atoms with E-state index in [0.29, 0.717) is 24.7 Å². The summed E-state index contributed by atoms with van der Waals surface area (Å²) in [6.45, 7) is 3.48. The zero-order chi connectivity index (χ0) is 14.3. The zero-order valence-electron chi connectivity index (χ0n) is 11.2. The normalized spacial score (nSPS) is 10.2. The second-order valence-corrected chi connectivity index (χ2v) is 4.80. The number of carbonyl (C=O) groups excluding carboxylic acids is 1. The van der Waals surface area contributed by atoms with Crippen LogP contribution in [0, 0.1) is 11.3 Å². The van der Waals surface area contributed by atoms with Crippen LogP contribution in [0.2, 0.25) is 0 Å². The van der Waals surface area contributed by atoms with E-state index in [2.05, 4.69) is 10.2 Å². The number of nitriles is 1. The highest BCUT2D eigenvalue weighted by atomic mass is 32.2. The Kier molecular flexibility index (Phi) is 6.32. The Morgan fingerprint density at radius 3 is 2.89 bits per heavy atom. The molecule has 0 spiro atoms. The maximum absolute atomic E-state index is 11.8. The molecule has 19 heavy (non-hydrogen) atoms. The molecule has 0 bridgehead atoms. The maximum atomic E-state index is 11.8. The summed E-state index contributed by atoms with van der Waals surface area (Å²) in [5, 5.41) is 17.2. The van der Waals surface area contributed by atoms with Crippen LogP contribution in [0.1, 0.15) is 19.2 Å². The van der Waals surface area contributed by atoms with E-state index in [1.54, 1.807) is 11.9 Å². The van der Waals surface area contributed by atoms with Crippen LogP contribution in [0.15, 0.2) is 5.16 Å². The molecule has 0 unspecified atom stereocenters. The van der Waals surface area contributed by atoms with E-state index in [-0.39, 0.29) is 11.7 Å². The van der Waals surface area contributed by atoms with E-state index >= 15 is 0 Å². The fourth-order valence-corrected chi connectivity index (χ4v) is 2.44. The fourth-order valence-electron chi connectivity index (χ4n) is 1.47. The van der Waals surface area contributed by atoms with Gasteiger partial charge in [-0.15, -0.1) is 10.2 Å². The number of hydrogen-bond donors (Lipinski definition) is 1. The Morgan fingerprint density at radius 1 is 1.58 bits per heavy atom. The smallest absolute Gasteiger partial charge is 0.232 e. The third-order valence-electron chi connectivity index (χ3n) is 2.60. The molecule has 8 heteroatoms. The largest absolute Gasteiger partial charge is 0.344 e. The predicted molar refractivity (Wildman–Crippen MR) is 72.2 cm³/mol. The van der Waals surface area contributed by atoms with Gasteiger partial charge >= 0.3 is 0 Å². The number of carbonyl (C=O) groups is 1. The maximum Gasteiger partial charge on any atom is 0.232 e. The average Bonchev–Trinajstić information content (AvgIpc) is 2.83. The second kappa shape index (κ2) is 7.76. The summed E-state index contributed by atoms with van der Waals surface area (Å²) in [5.41, 5.74) is 5.56. The van der Waals surface area contributed by atoms with E-state index < -0.39 is 0 Å². The molecule has 0 atom stereocenters. The van der Waals surface area contributed by atoms with Crippen molar-refractivity contribution in [1.29, 1.82) is 5.26 Å². The van der Waals surface area contributed by atoms with Gasteiger partial charge in [0.25, 0.3) is 0 Å². The summed E-state index contributed by atoms with van der Waals surface area (Å²) in [5.74, 6) is 0.973. The van der Waals surface area contributed by atoms with Crippen molar-refractivity contribution in [2.75, 3.05) is 19.3 Å². The lowest BCUT2D eigenvalue weighted by atomic mass is 10.4. The van der Waals surface area contributed by atoms with Crippen molar-refractivity contribution in [2.45, 2.75) is 31.6 Å². The molecule has 0 radical (unpaired) electrons. The molecule has 1 aromatic heterocycles. The van der Waals surface area contributed by atoms with Gasteiger partial charge in [-0.25, -0.2) is 0 Å². The Hall–Kier alpha value is -1.59. The van der Waals surface area contributed by atoms with Crippen molar-refractivity contribution in [3.63, 3.8) is 0 Å². The van der Waals surface area contributed by atoms with Crippen LogP contribution in [0.3, 0.4) is 0 Å². The lowest BCUT2D eigenvalue weighted by Crippen LogP contribution is -2.29. The number of rotatable bonds is 7. The van der Waals surface area contributed by atoms with Crippen LogP contribution < -0.4 is 5.73 Å².